The normalized spacial score (nSPS) is 12.7. The number of thioether (sulfide) groups is 1. The first kappa shape index (κ1) is 17.8. The van der Waals surface area contributed by atoms with Gasteiger partial charge in [0.15, 0.2) is 5.11 Å². The number of nitrogens with zero attached hydrogens (tertiary/aromatic N) is 1. The Morgan fingerprint density at radius 1 is 1.22 bits per heavy atom. The Labute approximate surface area is 151 Å². The van der Waals surface area contributed by atoms with E-state index in [9.17, 15) is 0 Å². The fraction of sp³-hybridized carbons (Fsp3) is 0.176. The molecule has 0 bridgehead atoms. The highest BCUT2D eigenvalue weighted by atomic mass is 35.5. The second-order valence-electron chi connectivity index (χ2n) is 5.00. The molecule has 0 aromatic heterocycles. The minimum absolute atomic E-state index is 0.172. The van der Waals surface area contributed by atoms with Gasteiger partial charge in [-0.15, -0.1) is 11.8 Å². The summed E-state index contributed by atoms with van der Waals surface area (Å²) >= 11 is 12.5. The van der Waals surface area contributed by atoms with Gasteiger partial charge in [0.25, 0.3) is 0 Å². The Kier molecular flexibility index (Phi) is 6.89. The molecule has 120 valence electrons. The molecule has 2 rings (SSSR count). The van der Waals surface area contributed by atoms with Crippen LogP contribution in [0.15, 0.2) is 64.6 Å². The van der Waals surface area contributed by atoms with Crippen molar-refractivity contribution in [3.63, 3.8) is 0 Å². The molecule has 23 heavy (non-hydrogen) atoms. The zero-order valence-electron chi connectivity index (χ0n) is 12.7. The number of hydrogen-bond acceptors (Lipinski definition) is 3. The molecule has 0 radical (unpaired) electrons. The molecule has 0 spiro atoms. The lowest BCUT2D eigenvalue weighted by atomic mass is 10.1. The van der Waals surface area contributed by atoms with Gasteiger partial charge in [-0.2, -0.15) is 5.10 Å². The summed E-state index contributed by atoms with van der Waals surface area (Å²) in [5.74, 6) is 0. The maximum absolute atomic E-state index is 5.96. The number of rotatable bonds is 6. The van der Waals surface area contributed by atoms with Crippen molar-refractivity contribution in [3.8, 4) is 0 Å². The van der Waals surface area contributed by atoms with Crippen LogP contribution in [0.5, 0.6) is 0 Å². The van der Waals surface area contributed by atoms with E-state index in [1.54, 1.807) is 11.8 Å². The third-order valence-electron chi connectivity index (χ3n) is 3.10. The Bertz CT molecular complexity index is 672. The van der Waals surface area contributed by atoms with Gasteiger partial charge >= 0.3 is 0 Å². The smallest absolute Gasteiger partial charge is 0.184 e. The van der Waals surface area contributed by atoms with Crippen LogP contribution in [-0.2, 0) is 0 Å². The standard InChI is InChI=1S/C17H18ClN3S2/c1-12(20-21-17(19)22)11-16(13-5-3-2-4-6-13)23-15-9-7-14(18)8-10-15/h2-10,16H,11H2,1H3,(H3,19,21,22). The largest absolute Gasteiger partial charge is 0.375 e. The minimum atomic E-state index is 0.172. The number of hydrazone groups is 1. The summed E-state index contributed by atoms with van der Waals surface area (Å²) in [4.78, 5) is 1.17. The van der Waals surface area contributed by atoms with Crippen LogP contribution in [0.4, 0.5) is 0 Å². The molecule has 0 fully saturated rings. The summed E-state index contributed by atoms with van der Waals surface area (Å²) in [6, 6.07) is 18.2. The van der Waals surface area contributed by atoms with Gasteiger partial charge in [-0.05, 0) is 49.0 Å². The van der Waals surface area contributed by atoms with Gasteiger partial charge in [0.2, 0.25) is 0 Å². The van der Waals surface area contributed by atoms with Gasteiger partial charge in [-0.3, -0.25) is 5.43 Å². The maximum atomic E-state index is 5.96. The number of nitrogens with one attached hydrogen (secondary N) is 1. The van der Waals surface area contributed by atoms with Gasteiger partial charge in [-0.1, -0.05) is 41.9 Å². The average Bonchev–Trinajstić information content (AvgIpc) is 2.55. The lowest BCUT2D eigenvalue weighted by molar-refractivity contribution is 0.952. The van der Waals surface area contributed by atoms with Crippen LogP contribution in [0.2, 0.25) is 5.02 Å². The number of hydrogen-bond donors (Lipinski definition) is 2. The van der Waals surface area contributed by atoms with E-state index in [1.165, 1.54) is 10.5 Å². The van der Waals surface area contributed by atoms with Crippen LogP contribution in [0, 0.1) is 0 Å². The van der Waals surface area contributed by atoms with Crippen LogP contribution >= 0.6 is 35.6 Å². The van der Waals surface area contributed by atoms with E-state index in [1.807, 2.05) is 49.4 Å². The average molecular weight is 364 g/mol. The van der Waals surface area contributed by atoms with Crippen molar-refractivity contribution in [1.82, 2.24) is 5.43 Å². The lowest BCUT2D eigenvalue weighted by Gasteiger charge is -2.17. The van der Waals surface area contributed by atoms with E-state index in [0.717, 1.165) is 17.2 Å². The molecule has 0 saturated heterocycles. The van der Waals surface area contributed by atoms with E-state index in [4.69, 9.17) is 29.6 Å². The fourth-order valence-electron chi connectivity index (χ4n) is 2.04. The van der Waals surface area contributed by atoms with Crippen molar-refractivity contribution < 1.29 is 0 Å². The summed E-state index contributed by atoms with van der Waals surface area (Å²) in [7, 11) is 0. The minimum Gasteiger partial charge on any atom is -0.375 e. The number of halogens is 1. The van der Waals surface area contributed by atoms with Crippen LogP contribution in [0.3, 0.4) is 0 Å². The SMILES string of the molecule is CC(CC(Sc1ccc(Cl)cc1)c1ccccc1)=NNC(N)=S. The van der Waals surface area contributed by atoms with Crippen molar-refractivity contribution in [1.29, 1.82) is 0 Å². The van der Waals surface area contributed by atoms with Crippen molar-refractivity contribution >= 4 is 46.4 Å². The molecule has 2 aromatic rings. The molecular weight excluding hydrogens is 346 g/mol. The predicted molar refractivity (Wildman–Crippen MR) is 104 cm³/mol. The summed E-state index contributed by atoms with van der Waals surface area (Å²) in [5.41, 5.74) is 10.2. The molecule has 1 unspecified atom stereocenters. The van der Waals surface area contributed by atoms with Gasteiger partial charge in [0, 0.05) is 27.3 Å². The van der Waals surface area contributed by atoms with E-state index >= 15 is 0 Å². The summed E-state index contributed by atoms with van der Waals surface area (Å²) in [6.07, 6.45) is 0.785. The Balaban J connectivity index is 2.17. The van der Waals surface area contributed by atoms with Crippen LogP contribution < -0.4 is 11.2 Å². The second kappa shape index (κ2) is 8.91. The Morgan fingerprint density at radius 3 is 2.48 bits per heavy atom. The van der Waals surface area contributed by atoms with Crippen LogP contribution in [-0.4, -0.2) is 10.8 Å². The number of nitrogens with two attached hydrogens (primary N) is 1. The van der Waals surface area contributed by atoms with Gasteiger partial charge in [0.1, 0.15) is 0 Å². The zero-order valence-corrected chi connectivity index (χ0v) is 15.1. The van der Waals surface area contributed by atoms with Gasteiger partial charge < -0.3 is 5.73 Å². The van der Waals surface area contributed by atoms with Crippen molar-refractivity contribution in [3.05, 3.63) is 65.2 Å². The van der Waals surface area contributed by atoms with E-state index in [0.29, 0.717) is 0 Å². The maximum Gasteiger partial charge on any atom is 0.184 e. The van der Waals surface area contributed by atoms with Gasteiger partial charge in [-0.25, -0.2) is 0 Å². The topological polar surface area (TPSA) is 50.4 Å². The molecule has 2 aromatic carbocycles. The molecule has 1 atom stereocenters. The molecule has 3 nitrogen and oxygen atoms in total. The number of thiocarbonyl (C=S) groups is 1. The molecule has 0 aliphatic carbocycles. The van der Waals surface area contributed by atoms with Crippen molar-refractivity contribution in [2.75, 3.05) is 0 Å². The molecule has 6 heteroatoms. The monoisotopic (exact) mass is 363 g/mol. The highest BCUT2D eigenvalue weighted by Crippen LogP contribution is 2.38. The Hall–Kier alpha value is -1.56. The lowest BCUT2D eigenvalue weighted by Crippen LogP contribution is -2.25. The van der Waals surface area contributed by atoms with Crippen molar-refractivity contribution in [2.24, 2.45) is 10.8 Å². The highest BCUT2D eigenvalue weighted by molar-refractivity contribution is 7.99. The van der Waals surface area contributed by atoms with Crippen LogP contribution in [0.1, 0.15) is 24.2 Å². The molecule has 0 saturated carbocycles. The fourth-order valence-corrected chi connectivity index (χ4v) is 3.45. The first-order chi connectivity index (χ1) is 11.0. The first-order valence-electron chi connectivity index (χ1n) is 7.10. The van der Waals surface area contributed by atoms with Crippen LogP contribution in [0.25, 0.3) is 0 Å². The number of benzene rings is 2. The van der Waals surface area contributed by atoms with Crippen molar-refractivity contribution in [2.45, 2.75) is 23.5 Å². The van der Waals surface area contributed by atoms with E-state index in [2.05, 4.69) is 22.7 Å². The zero-order chi connectivity index (χ0) is 16.7. The third kappa shape index (κ3) is 6.22. The highest BCUT2D eigenvalue weighted by Gasteiger charge is 2.14. The molecule has 0 heterocycles. The molecular formula is C17H18ClN3S2. The van der Waals surface area contributed by atoms with E-state index in [-0.39, 0.29) is 10.4 Å². The molecule has 0 aliphatic heterocycles. The third-order valence-corrected chi connectivity index (χ3v) is 4.71. The summed E-state index contributed by atoms with van der Waals surface area (Å²) in [5, 5.41) is 5.37. The predicted octanol–water partition coefficient (Wildman–Crippen LogP) is 4.77. The summed E-state index contributed by atoms with van der Waals surface area (Å²) < 4.78 is 0. The second-order valence-corrected chi connectivity index (χ2v) is 7.15. The van der Waals surface area contributed by atoms with Gasteiger partial charge in [0.05, 0.1) is 0 Å². The quantitative estimate of drug-likeness (QED) is 0.336. The molecule has 0 amide bonds. The summed E-state index contributed by atoms with van der Waals surface area (Å²) in [6.45, 7) is 1.96. The molecule has 0 aliphatic rings. The van der Waals surface area contributed by atoms with E-state index < -0.39 is 0 Å². The molecule has 3 N–H and O–H groups in total. The first-order valence-corrected chi connectivity index (χ1v) is 8.77. The Morgan fingerprint density at radius 2 is 1.87 bits per heavy atom.